The van der Waals surface area contributed by atoms with Crippen LogP contribution in [0.2, 0.25) is 0 Å². The monoisotopic (exact) mass is 345 g/mol. The maximum atomic E-state index is 12.1. The van der Waals surface area contributed by atoms with Gasteiger partial charge in [-0.1, -0.05) is 0 Å². The minimum Gasteiger partial charge on any atom is -0.333 e. The molecule has 0 spiro atoms. The molecule has 1 aliphatic rings. The maximum absolute atomic E-state index is 12.1. The number of amides is 2. The summed E-state index contributed by atoms with van der Waals surface area (Å²) in [6.45, 7) is 3.16. The Bertz CT molecular complexity index is 471. The molecule has 1 saturated heterocycles. The van der Waals surface area contributed by atoms with Crippen LogP contribution in [0.5, 0.6) is 0 Å². The molecule has 104 valence electrons. The smallest absolute Gasteiger partial charge is 0.312 e. The number of piperazine rings is 1. The molecule has 2 rings (SSSR count). The normalized spacial score (nSPS) is 15.4. The zero-order chi connectivity index (χ0) is 13.8. The average Bonchev–Trinajstić information content (AvgIpc) is 2.83. The number of likely N-dealkylation sites (N-methyl/N-ethyl adjacent to an activating group) is 1. The Labute approximate surface area is 124 Å². The number of carbonyl (C=O) groups excluding carboxylic acids is 2. The van der Waals surface area contributed by atoms with Crippen molar-refractivity contribution in [2.45, 2.75) is 6.54 Å². The molecule has 0 atom stereocenters. The van der Waals surface area contributed by atoms with Gasteiger partial charge < -0.3 is 15.1 Å². The summed E-state index contributed by atoms with van der Waals surface area (Å²) in [5.74, 6) is -0.845. The largest absolute Gasteiger partial charge is 0.333 e. The van der Waals surface area contributed by atoms with Crippen molar-refractivity contribution in [2.75, 3.05) is 33.2 Å². The molecule has 0 aliphatic carbocycles. The highest BCUT2D eigenvalue weighted by molar-refractivity contribution is 9.11. The Morgan fingerprint density at radius 1 is 1.47 bits per heavy atom. The van der Waals surface area contributed by atoms with Gasteiger partial charge in [0.1, 0.15) is 0 Å². The molecule has 5 nitrogen and oxygen atoms in total. The van der Waals surface area contributed by atoms with Gasteiger partial charge in [0.25, 0.3) is 0 Å². The lowest BCUT2D eigenvalue weighted by Gasteiger charge is -2.28. The number of nitrogens with zero attached hydrogens (tertiary/aromatic N) is 2. The van der Waals surface area contributed by atoms with E-state index in [0.29, 0.717) is 19.6 Å². The van der Waals surface area contributed by atoms with Crippen LogP contribution in [0, 0.1) is 0 Å². The van der Waals surface area contributed by atoms with Crippen molar-refractivity contribution in [3.05, 3.63) is 20.8 Å². The molecule has 1 aliphatic heterocycles. The Hall–Kier alpha value is -0.920. The fraction of sp³-hybridized carbons (Fsp3) is 0.500. The van der Waals surface area contributed by atoms with E-state index in [1.54, 1.807) is 23.3 Å². The Kier molecular flexibility index (Phi) is 4.95. The third-order valence-corrected chi connectivity index (χ3v) is 4.53. The maximum Gasteiger partial charge on any atom is 0.312 e. The van der Waals surface area contributed by atoms with Crippen LogP contribution in [0.1, 0.15) is 5.56 Å². The Morgan fingerprint density at radius 2 is 2.16 bits per heavy atom. The van der Waals surface area contributed by atoms with E-state index in [-0.39, 0.29) is 0 Å². The fourth-order valence-electron chi connectivity index (χ4n) is 1.94. The fourth-order valence-corrected chi connectivity index (χ4v) is 3.14. The number of halogens is 1. The number of nitrogens with one attached hydrogen (secondary N) is 1. The van der Waals surface area contributed by atoms with Crippen LogP contribution in [0.4, 0.5) is 0 Å². The van der Waals surface area contributed by atoms with Crippen LogP contribution in [0.25, 0.3) is 0 Å². The Morgan fingerprint density at radius 3 is 2.74 bits per heavy atom. The van der Waals surface area contributed by atoms with Gasteiger partial charge in [-0.3, -0.25) is 9.59 Å². The molecule has 1 aromatic rings. The van der Waals surface area contributed by atoms with Crippen molar-refractivity contribution >= 4 is 39.1 Å². The van der Waals surface area contributed by atoms with Crippen LogP contribution in [0.3, 0.4) is 0 Å². The molecule has 0 unspecified atom stereocenters. The first-order valence-corrected chi connectivity index (χ1v) is 7.73. The van der Waals surface area contributed by atoms with E-state index in [1.165, 1.54) is 4.90 Å². The van der Waals surface area contributed by atoms with E-state index in [1.807, 2.05) is 11.4 Å². The first-order valence-electron chi connectivity index (χ1n) is 6.06. The summed E-state index contributed by atoms with van der Waals surface area (Å²) in [4.78, 5) is 27.2. The summed E-state index contributed by atoms with van der Waals surface area (Å²) in [6.07, 6.45) is 0. The van der Waals surface area contributed by atoms with Crippen LogP contribution in [-0.4, -0.2) is 54.8 Å². The van der Waals surface area contributed by atoms with Crippen molar-refractivity contribution in [1.82, 2.24) is 15.1 Å². The molecular weight excluding hydrogens is 330 g/mol. The van der Waals surface area contributed by atoms with Crippen LogP contribution < -0.4 is 5.32 Å². The van der Waals surface area contributed by atoms with Gasteiger partial charge in [-0.05, 0) is 32.9 Å². The van der Waals surface area contributed by atoms with Gasteiger partial charge in [-0.25, -0.2) is 0 Å². The van der Waals surface area contributed by atoms with E-state index in [0.717, 1.165) is 22.4 Å². The van der Waals surface area contributed by atoms with Gasteiger partial charge in [0.15, 0.2) is 0 Å². The van der Waals surface area contributed by atoms with Gasteiger partial charge >= 0.3 is 11.8 Å². The third kappa shape index (κ3) is 3.77. The standard InChI is InChI=1S/C12H16BrN3O2S/c1-15(7-9-6-10(13)19-8-9)11(17)12(18)16-4-2-14-3-5-16/h6,8,14H,2-5,7H2,1H3. The highest BCUT2D eigenvalue weighted by Gasteiger charge is 2.26. The number of hydrogen-bond donors (Lipinski definition) is 1. The molecule has 0 saturated carbocycles. The SMILES string of the molecule is CN(Cc1csc(Br)c1)C(=O)C(=O)N1CCNCC1. The van der Waals surface area contributed by atoms with Crippen LogP contribution >= 0.6 is 27.3 Å². The number of rotatable bonds is 2. The lowest BCUT2D eigenvalue weighted by Crippen LogP contribution is -2.51. The summed E-state index contributed by atoms with van der Waals surface area (Å²) in [5, 5.41) is 5.13. The molecule has 0 radical (unpaired) electrons. The second-order valence-electron chi connectivity index (χ2n) is 4.46. The number of hydrogen-bond acceptors (Lipinski definition) is 4. The van der Waals surface area contributed by atoms with Gasteiger partial charge in [0.2, 0.25) is 0 Å². The predicted molar refractivity (Wildman–Crippen MR) is 77.9 cm³/mol. The van der Waals surface area contributed by atoms with Crippen molar-refractivity contribution in [2.24, 2.45) is 0 Å². The third-order valence-electron chi connectivity index (χ3n) is 2.98. The lowest BCUT2D eigenvalue weighted by molar-refractivity contribution is -0.151. The lowest BCUT2D eigenvalue weighted by atomic mass is 10.3. The van der Waals surface area contributed by atoms with Crippen molar-refractivity contribution in [1.29, 1.82) is 0 Å². The topological polar surface area (TPSA) is 52.7 Å². The van der Waals surface area contributed by atoms with Gasteiger partial charge in [-0.15, -0.1) is 11.3 Å². The van der Waals surface area contributed by atoms with E-state index in [2.05, 4.69) is 21.2 Å². The summed E-state index contributed by atoms with van der Waals surface area (Å²) in [5.41, 5.74) is 1.03. The molecular formula is C12H16BrN3O2S. The molecule has 19 heavy (non-hydrogen) atoms. The minimum absolute atomic E-state index is 0.404. The molecule has 1 aromatic heterocycles. The van der Waals surface area contributed by atoms with Crippen molar-refractivity contribution in [3.8, 4) is 0 Å². The molecule has 0 aromatic carbocycles. The Balaban J connectivity index is 1.92. The van der Waals surface area contributed by atoms with Gasteiger partial charge in [0.05, 0.1) is 3.79 Å². The highest BCUT2D eigenvalue weighted by Crippen LogP contribution is 2.21. The average molecular weight is 346 g/mol. The second kappa shape index (κ2) is 6.49. The summed E-state index contributed by atoms with van der Waals surface area (Å²) < 4.78 is 1.02. The summed E-state index contributed by atoms with van der Waals surface area (Å²) in [7, 11) is 1.66. The molecule has 1 fully saturated rings. The first kappa shape index (κ1) is 14.5. The van der Waals surface area contributed by atoms with Crippen molar-refractivity contribution in [3.63, 3.8) is 0 Å². The molecule has 7 heteroatoms. The van der Waals surface area contributed by atoms with Crippen LogP contribution in [-0.2, 0) is 16.1 Å². The molecule has 2 heterocycles. The highest BCUT2D eigenvalue weighted by atomic mass is 79.9. The van der Waals surface area contributed by atoms with E-state index in [9.17, 15) is 9.59 Å². The van der Waals surface area contributed by atoms with Crippen molar-refractivity contribution < 1.29 is 9.59 Å². The van der Waals surface area contributed by atoms with E-state index >= 15 is 0 Å². The minimum atomic E-state index is -0.441. The number of carbonyl (C=O) groups is 2. The second-order valence-corrected chi connectivity index (χ2v) is 6.75. The van der Waals surface area contributed by atoms with Crippen LogP contribution in [0.15, 0.2) is 15.2 Å². The summed E-state index contributed by atoms with van der Waals surface area (Å²) in [6, 6.07) is 1.96. The quantitative estimate of drug-likeness (QED) is 0.810. The van der Waals surface area contributed by atoms with E-state index < -0.39 is 11.8 Å². The zero-order valence-corrected chi connectivity index (χ0v) is 13.1. The molecule has 2 amide bonds. The van der Waals surface area contributed by atoms with E-state index in [4.69, 9.17) is 0 Å². The number of thiophene rings is 1. The summed E-state index contributed by atoms with van der Waals surface area (Å²) >= 11 is 4.95. The first-order chi connectivity index (χ1) is 9.08. The van der Waals surface area contributed by atoms with Gasteiger partial charge in [0, 0.05) is 39.8 Å². The molecule has 1 N–H and O–H groups in total. The van der Waals surface area contributed by atoms with Gasteiger partial charge in [-0.2, -0.15) is 0 Å². The molecule has 0 bridgehead atoms. The predicted octanol–water partition coefficient (Wildman–Crippen LogP) is 0.901. The zero-order valence-electron chi connectivity index (χ0n) is 10.7.